The van der Waals surface area contributed by atoms with Crippen molar-refractivity contribution in [2.75, 3.05) is 5.32 Å². The van der Waals surface area contributed by atoms with Crippen molar-refractivity contribution in [3.05, 3.63) is 67.7 Å². The van der Waals surface area contributed by atoms with Gasteiger partial charge in [-0.15, -0.1) is 0 Å². The van der Waals surface area contributed by atoms with Gasteiger partial charge in [-0.1, -0.05) is 28.1 Å². The molecule has 0 heterocycles. The van der Waals surface area contributed by atoms with Gasteiger partial charge in [0.05, 0.1) is 4.92 Å². The fraction of sp³-hybridized carbons (Fsp3) is 0.250. The zero-order valence-corrected chi connectivity index (χ0v) is 13.8. The second-order valence-electron chi connectivity index (χ2n) is 5.13. The number of nitro benzene ring substituents is 1. The Balaban J connectivity index is 2.27. The van der Waals surface area contributed by atoms with Gasteiger partial charge in [0, 0.05) is 27.8 Å². The second kappa shape index (κ2) is 6.26. The van der Waals surface area contributed by atoms with Crippen LogP contribution < -0.4 is 5.32 Å². The van der Waals surface area contributed by atoms with Crippen LogP contribution in [0.1, 0.15) is 29.7 Å². The quantitative estimate of drug-likeness (QED) is 0.614. The van der Waals surface area contributed by atoms with Crippen LogP contribution in [0.25, 0.3) is 0 Å². The van der Waals surface area contributed by atoms with E-state index in [4.69, 9.17) is 0 Å². The molecule has 1 atom stereocenters. The Morgan fingerprint density at radius 1 is 1.19 bits per heavy atom. The number of nitrogens with zero attached hydrogens (tertiary/aromatic N) is 1. The molecule has 2 aromatic rings. The van der Waals surface area contributed by atoms with Gasteiger partial charge in [0.25, 0.3) is 5.69 Å². The minimum absolute atomic E-state index is 0.113. The zero-order valence-electron chi connectivity index (χ0n) is 12.2. The summed E-state index contributed by atoms with van der Waals surface area (Å²) in [6, 6.07) is 11.7. The summed E-state index contributed by atoms with van der Waals surface area (Å²) in [7, 11) is 0. The standard InChI is InChI=1S/C16H17BrN2O2/c1-10-8-16(19(20)21)11(2)7-15(10)18-12(3)13-5-4-6-14(17)9-13/h4-9,12,18H,1-3H3. The predicted molar refractivity (Wildman–Crippen MR) is 88.8 cm³/mol. The summed E-state index contributed by atoms with van der Waals surface area (Å²) in [5.41, 5.74) is 3.77. The van der Waals surface area contributed by atoms with Crippen molar-refractivity contribution in [1.29, 1.82) is 0 Å². The molecule has 0 saturated carbocycles. The smallest absolute Gasteiger partial charge is 0.272 e. The highest BCUT2D eigenvalue weighted by Crippen LogP contribution is 2.29. The molecule has 0 bridgehead atoms. The monoisotopic (exact) mass is 348 g/mol. The molecule has 0 saturated heterocycles. The molecule has 0 fully saturated rings. The maximum Gasteiger partial charge on any atom is 0.272 e. The van der Waals surface area contributed by atoms with E-state index in [1.807, 2.05) is 25.1 Å². The summed E-state index contributed by atoms with van der Waals surface area (Å²) in [4.78, 5) is 10.6. The number of hydrogen-bond donors (Lipinski definition) is 1. The van der Waals surface area contributed by atoms with E-state index in [9.17, 15) is 10.1 Å². The Labute approximate surface area is 132 Å². The predicted octanol–water partition coefficient (Wildman–Crippen LogP) is 5.15. The number of aryl methyl sites for hydroxylation is 2. The van der Waals surface area contributed by atoms with Gasteiger partial charge in [-0.3, -0.25) is 10.1 Å². The molecule has 21 heavy (non-hydrogen) atoms. The molecule has 4 nitrogen and oxygen atoms in total. The van der Waals surface area contributed by atoms with Crippen LogP contribution in [0, 0.1) is 24.0 Å². The molecule has 2 rings (SSSR count). The molecule has 0 radical (unpaired) electrons. The van der Waals surface area contributed by atoms with E-state index in [2.05, 4.69) is 40.3 Å². The average molecular weight is 349 g/mol. The Bertz CT molecular complexity index is 686. The normalized spacial score (nSPS) is 12.0. The van der Waals surface area contributed by atoms with Crippen molar-refractivity contribution in [3.8, 4) is 0 Å². The van der Waals surface area contributed by atoms with Crippen molar-refractivity contribution in [3.63, 3.8) is 0 Å². The molecule has 0 aliphatic rings. The Morgan fingerprint density at radius 3 is 2.52 bits per heavy atom. The van der Waals surface area contributed by atoms with Crippen LogP contribution in [0.2, 0.25) is 0 Å². The molecule has 0 aliphatic heterocycles. The minimum atomic E-state index is -0.343. The first-order valence-electron chi connectivity index (χ1n) is 6.66. The van der Waals surface area contributed by atoms with E-state index in [1.165, 1.54) is 0 Å². The minimum Gasteiger partial charge on any atom is -0.378 e. The van der Waals surface area contributed by atoms with Crippen LogP contribution in [0.5, 0.6) is 0 Å². The van der Waals surface area contributed by atoms with Gasteiger partial charge in [0.15, 0.2) is 0 Å². The summed E-state index contributed by atoms with van der Waals surface area (Å²) in [6.45, 7) is 5.70. The maximum absolute atomic E-state index is 10.9. The largest absolute Gasteiger partial charge is 0.378 e. The summed E-state index contributed by atoms with van der Waals surface area (Å²) < 4.78 is 1.03. The van der Waals surface area contributed by atoms with Crippen LogP contribution in [0.4, 0.5) is 11.4 Å². The number of hydrogen-bond acceptors (Lipinski definition) is 3. The average Bonchev–Trinajstić information content (AvgIpc) is 2.42. The molecule has 0 amide bonds. The number of nitro groups is 1. The molecule has 5 heteroatoms. The fourth-order valence-corrected chi connectivity index (χ4v) is 2.66. The number of benzene rings is 2. The molecular formula is C16H17BrN2O2. The van der Waals surface area contributed by atoms with Gasteiger partial charge in [0.1, 0.15) is 0 Å². The molecule has 110 valence electrons. The van der Waals surface area contributed by atoms with E-state index in [-0.39, 0.29) is 16.7 Å². The van der Waals surface area contributed by atoms with Crippen LogP contribution >= 0.6 is 15.9 Å². The number of halogens is 1. The van der Waals surface area contributed by atoms with E-state index in [0.717, 1.165) is 21.3 Å². The molecule has 1 N–H and O–H groups in total. The summed E-state index contributed by atoms with van der Waals surface area (Å²) >= 11 is 3.46. The SMILES string of the molecule is Cc1cc([N+](=O)[O-])c(C)cc1NC(C)c1cccc(Br)c1. The van der Waals surface area contributed by atoms with Crippen molar-refractivity contribution < 1.29 is 4.92 Å². The second-order valence-corrected chi connectivity index (χ2v) is 6.05. The third-order valence-electron chi connectivity index (χ3n) is 3.46. The topological polar surface area (TPSA) is 55.2 Å². The Kier molecular flexibility index (Phi) is 4.63. The lowest BCUT2D eigenvalue weighted by molar-refractivity contribution is -0.385. The first-order valence-corrected chi connectivity index (χ1v) is 7.45. The number of rotatable bonds is 4. The molecule has 0 spiro atoms. The van der Waals surface area contributed by atoms with Gasteiger partial charge in [-0.05, 0) is 50.1 Å². The van der Waals surface area contributed by atoms with E-state index < -0.39 is 0 Å². The maximum atomic E-state index is 10.9. The molecule has 0 aromatic heterocycles. The van der Waals surface area contributed by atoms with Gasteiger partial charge in [-0.2, -0.15) is 0 Å². The lowest BCUT2D eigenvalue weighted by Gasteiger charge is -2.18. The highest BCUT2D eigenvalue weighted by molar-refractivity contribution is 9.10. The van der Waals surface area contributed by atoms with Gasteiger partial charge < -0.3 is 5.32 Å². The third kappa shape index (κ3) is 3.61. The Morgan fingerprint density at radius 2 is 1.90 bits per heavy atom. The number of anilines is 1. The van der Waals surface area contributed by atoms with Crippen molar-refractivity contribution >= 4 is 27.3 Å². The molecular weight excluding hydrogens is 332 g/mol. The highest BCUT2D eigenvalue weighted by atomic mass is 79.9. The summed E-state index contributed by atoms with van der Waals surface area (Å²) in [5, 5.41) is 14.4. The lowest BCUT2D eigenvalue weighted by Crippen LogP contribution is -2.08. The van der Waals surface area contributed by atoms with Gasteiger partial charge in [0.2, 0.25) is 0 Å². The molecule has 0 aliphatic carbocycles. The van der Waals surface area contributed by atoms with Crippen LogP contribution in [0.3, 0.4) is 0 Å². The van der Waals surface area contributed by atoms with E-state index in [1.54, 1.807) is 13.0 Å². The zero-order chi connectivity index (χ0) is 15.6. The van der Waals surface area contributed by atoms with Crippen LogP contribution in [-0.2, 0) is 0 Å². The summed E-state index contributed by atoms with van der Waals surface area (Å²) in [6.07, 6.45) is 0. The first-order chi connectivity index (χ1) is 9.88. The van der Waals surface area contributed by atoms with E-state index in [0.29, 0.717) is 5.56 Å². The van der Waals surface area contributed by atoms with Crippen LogP contribution in [0.15, 0.2) is 40.9 Å². The number of nitrogens with one attached hydrogen (secondary N) is 1. The van der Waals surface area contributed by atoms with Crippen LogP contribution in [-0.4, -0.2) is 4.92 Å². The van der Waals surface area contributed by atoms with Crippen molar-refractivity contribution in [2.45, 2.75) is 26.8 Å². The molecule has 1 unspecified atom stereocenters. The van der Waals surface area contributed by atoms with E-state index >= 15 is 0 Å². The first kappa shape index (κ1) is 15.5. The van der Waals surface area contributed by atoms with Crippen molar-refractivity contribution in [2.24, 2.45) is 0 Å². The molecule has 2 aromatic carbocycles. The fourth-order valence-electron chi connectivity index (χ4n) is 2.25. The van der Waals surface area contributed by atoms with Gasteiger partial charge >= 0.3 is 0 Å². The van der Waals surface area contributed by atoms with Gasteiger partial charge in [-0.25, -0.2) is 0 Å². The van der Waals surface area contributed by atoms with Crippen molar-refractivity contribution in [1.82, 2.24) is 0 Å². The third-order valence-corrected chi connectivity index (χ3v) is 3.95. The lowest BCUT2D eigenvalue weighted by atomic mass is 10.1. The highest BCUT2D eigenvalue weighted by Gasteiger charge is 2.14. The Hall–Kier alpha value is -1.88. The summed E-state index contributed by atoms with van der Waals surface area (Å²) in [5.74, 6) is 0.